The van der Waals surface area contributed by atoms with Gasteiger partial charge in [0, 0.05) is 57.6 Å². The van der Waals surface area contributed by atoms with Crippen molar-refractivity contribution in [3.05, 3.63) is 71.3 Å². The lowest BCUT2D eigenvalue weighted by molar-refractivity contribution is -0.145. The number of nitrogens with one attached hydrogen (secondary N) is 1. The number of ether oxygens (including phenoxy) is 2. The van der Waals surface area contributed by atoms with Crippen molar-refractivity contribution in [2.24, 2.45) is 5.92 Å². The molecule has 301 valence electrons. The number of hydrogen-bond acceptors (Lipinski definition) is 9. The van der Waals surface area contributed by atoms with E-state index in [0.29, 0.717) is 24.7 Å². The molecule has 2 aromatic carbocycles. The molecule has 3 atom stereocenters. The molecule has 9 heteroatoms. The summed E-state index contributed by atoms with van der Waals surface area (Å²) in [6.07, 6.45) is 17.9. The van der Waals surface area contributed by atoms with Crippen LogP contribution in [0.1, 0.15) is 112 Å². The largest absolute Gasteiger partial charge is 0.469 e. The Hall–Kier alpha value is -3.69. The van der Waals surface area contributed by atoms with Crippen LogP contribution in [0.3, 0.4) is 0 Å². The molecule has 6 heterocycles. The van der Waals surface area contributed by atoms with Gasteiger partial charge in [-0.3, -0.25) is 9.69 Å². The highest BCUT2D eigenvalue weighted by Gasteiger charge is 2.45. The molecule has 4 saturated heterocycles. The Morgan fingerprint density at radius 3 is 2.40 bits per heavy atom. The van der Waals surface area contributed by atoms with Crippen molar-refractivity contribution < 1.29 is 17.1 Å². The van der Waals surface area contributed by atoms with Crippen LogP contribution in [0.2, 0.25) is 0 Å². The van der Waals surface area contributed by atoms with E-state index in [4.69, 9.17) is 19.4 Å². The minimum atomic E-state index is -0.0590. The summed E-state index contributed by atoms with van der Waals surface area (Å²) in [5.74, 6) is 1.18. The average Bonchev–Trinajstić information content (AvgIpc) is 3.69. The fourth-order valence-electron chi connectivity index (χ4n) is 9.94. The van der Waals surface area contributed by atoms with Crippen molar-refractivity contribution in [3.8, 4) is 6.01 Å². The minimum absolute atomic E-state index is 0. The highest BCUT2D eigenvalue weighted by atomic mass is 16.5. The second-order valence-corrected chi connectivity index (χ2v) is 16.3. The van der Waals surface area contributed by atoms with E-state index in [1.165, 1.54) is 91.9 Å². The first-order valence-electron chi connectivity index (χ1n) is 21.6. The number of rotatable bonds is 12. The van der Waals surface area contributed by atoms with Gasteiger partial charge in [0.1, 0.15) is 12.4 Å². The SMILES string of the molecule is CC.CCC(CCCC1=C[CH]1)C(=O)OC.CCc1cccc2cccc(N3CCc4c(nc(OCC56CCCN5CCC6)nc4N4CC5CCC(C4)N5)C3)c12.[HH].[HH]. The fraction of sp³-hybridized carbons (Fsp3) is 0.609. The molecule has 9 nitrogen and oxygen atoms in total. The summed E-state index contributed by atoms with van der Waals surface area (Å²) in [5.41, 5.74) is 6.85. The van der Waals surface area contributed by atoms with E-state index < -0.39 is 0 Å². The Balaban J connectivity index is 0.000000313. The maximum Gasteiger partial charge on any atom is 0.318 e. The summed E-state index contributed by atoms with van der Waals surface area (Å²) in [6.45, 7) is 15.3. The van der Waals surface area contributed by atoms with E-state index in [1.54, 1.807) is 0 Å². The van der Waals surface area contributed by atoms with Crippen molar-refractivity contribution in [2.75, 3.05) is 56.2 Å². The maximum atomic E-state index is 11.2. The van der Waals surface area contributed by atoms with Crippen molar-refractivity contribution >= 4 is 28.2 Å². The monoisotopic (exact) mass is 754 g/mol. The van der Waals surface area contributed by atoms with Gasteiger partial charge < -0.3 is 24.6 Å². The first-order valence-corrected chi connectivity index (χ1v) is 21.6. The molecule has 2 bridgehead atoms. The highest BCUT2D eigenvalue weighted by molar-refractivity contribution is 5.97. The lowest BCUT2D eigenvalue weighted by Crippen LogP contribution is -2.52. The molecule has 1 N–H and O–H groups in total. The summed E-state index contributed by atoms with van der Waals surface area (Å²) < 4.78 is 11.3. The zero-order chi connectivity index (χ0) is 38.4. The third-order valence-corrected chi connectivity index (χ3v) is 13.0. The quantitative estimate of drug-likeness (QED) is 0.183. The van der Waals surface area contributed by atoms with Crippen LogP contribution in [-0.2, 0) is 28.9 Å². The Labute approximate surface area is 333 Å². The lowest BCUT2D eigenvalue weighted by atomic mass is 9.95. The fourth-order valence-corrected chi connectivity index (χ4v) is 9.94. The number of methoxy groups -OCH3 is 1. The van der Waals surface area contributed by atoms with Crippen LogP contribution in [-0.4, -0.2) is 84.9 Å². The number of aromatic nitrogens is 2. The van der Waals surface area contributed by atoms with Gasteiger partial charge in [-0.25, -0.2) is 0 Å². The normalized spacial score (nSPS) is 22.5. The van der Waals surface area contributed by atoms with Gasteiger partial charge in [-0.1, -0.05) is 69.7 Å². The summed E-state index contributed by atoms with van der Waals surface area (Å²) in [4.78, 5) is 29.3. The Kier molecular flexibility index (Phi) is 13.0. The van der Waals surface area contributed by atoms with E-state index in [-0.39, 0.29) is 20.3 Å². The summed E-state index contributed by atoms with van der Waals surface area (Å²) in [6, 6.07) is 15.2. The van der Waals surface area contributed by atoms with Crippen molar-refractivity contribution in [1.29, 1.82) is 0 Å². The predicted molar refractivity (Wildman–Crippen MR) is 228 cm³/mol. The molecule has 9 rings (SSSR count). The Morgan fingerprint density at radius 1 is 1.00 bits per heavy atom. The molecule has 55 heavy (non-hydrogen) atoms. The van der Waals surface area contributed by atoms with Crippen LogP contribution in [0.4, 0.5) is 11.5 Å². The molecule has 0 saturated carbocycles. The van der Waals surface area contributed by atoms with Crippen LogP contribution in [0, 0.1) is 12.3 Å². The Morgan fingerprint density at radius 2 is 1.73 bits per heavy atom. The van der Waals surface area contributed by atoms with E-state index in [1.807, 2.05) is 20.8 Å². The van der Waals surface area contributed by atoms with Crippen molar-refractivity contribution in [2.45, 2.75) is 129 Å². The van der Waals surface area contributed by atoms with Gasteiger partial charge in [-0.15, -0.1) is 0 Å². The number of carbonyl (C=O) groups is 1. The summed E-state index contributed by atoms with van der Waals surface area (Å²) in [5, 5.41) is 6.51. The number of hydrogen-bond donors (Lipinski definition) is 1. The molecule has 1 aliphatic carbocycles. The van der Waals surface area contributed by atoms with Crippen molar-refractivity contribution in [3.63, 3.8) is 0 Å². The van der Waals surface area contributed by atoms with E-state index in [0.717, 1.165) is 76.2 Å². The zero-order valence-corrected chi connectivity index (χ0v) is 34.2. The van der Waals surface area contributed by atoms with E-state index in [9.17, 15) is 4.79 Å². The molecule has 0 spiro atoms. The van der Waals surface area contributed by atoms with Gasteiger partial charge in [0.2, 0.25) is 0 Å². The predicted octanol–water partition coefficient (Wildman–Crippen LogP) is 8.72. The van der Waals surface area contributed by atoms with Crippen LogP contribution in [0.25, 0.3) is 10.8 Å². The van der Waals surface area contributed by atoms with Gasteiger partial charge in [0.15, 0.2) is 0 Å². The lowest BCUT2D eigenvalue weighted by Gasteiger charge is -2.38. The minimum Gasteiger partial charge on any atom is -0.469 e. The molecular formula is C46H69N6O3. The van der Waals surface area contributed by atoms with Gasteiger partial charge in [-0.05, 0) is 107 Å². The smallest absolute Gasteiger partial charge is 0.318 e. The van der Waals surface area contributed by atoms with E-state index >= 15 is 0 Å². The third-order valence-electron chi connectivity index (χ3n) is 13.0. The number of aryl methyl sites for hydroxylation is 1. The first kappa shape index (κ1) is 39.5. The number of esters is 1. The van der Waals surface area contributed by atoms with Crippen LogP contribution < -0.4 is 19.9 Å². The number of allylic oxidation sites excluding steroid dienone is 2. The Bertz CT molecular complexity index is 1790. The average molecular weight is 754 g/mol. The number of carbonyl (C=O) groups excluding carboxylic acids is 1. The van der Waals surface area contributed by atoms with Gasteiger partial charge in [-0.2, -0.15) is 9.97 Å². The third kappa shape index (κ3) is 8.83. The second-order valence-electron chi connectivity index (χ2n) is 16.3. The molecule has 6 aliphatic rings. The zero-order valence-electron chi connectivity index (χ0n) is 34.2. The molecular weight excluding hydrogens is 685 g/mol. The number of nitrogens with zero attached hydrogens (tertiary/aromatic N) is 5. The van der Waals surface area contributed by atoms with Crippen LogP contribution in [0.5, 0.6) is 6.01 Å². The first-order chi connectivity index (χ1) is 27.0. The molecule has 1 aromatic heterocycles. The van der Waals surface area contributed by atoms with Crippen LogP contribution >= 0.6 is 0 Å². The topological polar surface area (TPSA) is 83.1 Å². The second kappa shape index (κ2) is 18.1. The number of benzene rings is 2. The van der Waals surface area contributed by atoms with Gasteiger partial charge in [0.25, 0.3) is 0 Å². The maximum absolute atomic E-state index is 11.2. The number of fused-ring (bicyclic) bond motifs is 5. The highest BCUT2D eigenvalue weighted by Crippen LogP contribution is 2.40. The molecule has 3 aromatic rings. The molecule has 5 aliphatic heterocycles. The van der Waals surface area contributed by atoms with E-state index in [2.05, 4.69) is 75.8 Å². The molecule has 0 amide bonds. The summed E-state index contributed by atoms with van der Waals surface area (Å²) in [7, 11) is 1.46. The van der Waals surface area contributed by atoms with Gasteiger partial charge in [0.05, 0.1) is 30.8 Å². The standard InChI is InChI=1S/C33H42N6O.C11H17O2.C2H6.2H2/c1-2-23-7-3-8-24-9-4-10-29(30(23)24)37-18-13-27-28(21-37)35-32(40-22-33-14-5-16-39(33)17-6-15-33)36-31(27)38-19-25-11-12-26(20-38)34-25;1-3-10(11(12)13-2)6-4-5-9-7-8-9;1-2;;/h3-4,7-10,25-26,34H,2,5-6,11-22H2,1H3;7-8,10H,3-6H2,1-2H3;1-2H3;2*1H. The van der Waals surface area contributed by atoms with Crippen LogP contribution in [0.15, 0.2) is 48.0 Å². The van der Waals surface area contributed by atoms with Gasteiger partial charge >= 0.3 is 12.0 Å². The molecule has 3 unspecified atom stereocenters. The number of anilines is 2. The molecule has 1 radical (unpaired) electrons. The molecule has 4 fully saturated rings. The summed E-state index contributed by atoms with van der Waals surface area (Å²) >= 11 is 0. The van der Waals surface area contributed by atoms with Crippen molar-refractivity contribution in [1.82, 2.24) is 20.2 Å². The number of piperazine rings is 1.